The van der Waals surface area contributed by atoms with Crippen molar-refractivity contribution in [3.05, 3.63) is 23.4 Å². The lowest BCUT2D eigenvalue weighted by Crippen LogP contribution is -2.11. The van der Waals surface area contributed by atoms with Crippen LogP contribution in [-0.4, -0.2) is 23.2 Å². The number of aromatic nitrogens is 1. The molecule has 0 fully saturated rings. The number of pyridine rings is 1. The van der Waals surface area contributed by atoms with Gasteiger partial charge in [0.05, 0.1) is 5.02 Å². The Bertz CT molecular complexity index is 189. The third-order valence-corrected chi connectivity index (χ3v) is 3.56. The summed E-state index contributed by atoms with van der Waals surface area (Å²) in [6.45, 7) is 0. The Hall–Kier alpha value is 0.686. The van der Waals surface area contributed by atoms with Gasteiger partial charge in [-0.1, -0.05) is 21.5 Å². The standard InChI is InChI=1S/C5H3ClN.BrH.Mg/c6-5-2-1-3-7-4-5;;/h1-2,4H;1H;/q;;+1/p-1. The number of nitrogens with zero attached hydrogens (tertiary/aromatic N) is 1. The van der Waals surface area contributed by atoms with E-state index < -0.39 is 0 Å². The molecule has 1 rings (SSSR count). The predicted octanol–water partition coefficient (Wildman–Crippen LogP) is 1.37. The molecule has 4 heteroatoms. The molecule has 0 bridgehead atoms. The van der Waals surface area contributed by atoms with E-state index in [2.05, 4.69) is 17.9 Å². The second kappa shape index (κ2) is 3.76. The van der Waals surface area contributed by atoms with Gasteiger partial charge in [-0.2, -0.15) is 0 Å². The van der Waals surface area contributed by atoms with Gasteiger partial charge in [0.15, 0.2) is 0 Å². The molecule has 0 atom stereocenters. The van der Waals surface area contributed by atoms with Gasteiger partial charge in [0.2, 0.25) is 0 Å². The van der Waals surface area contributed by atoms with Crippen LogP contribution in [0.15, 0.2) is 18.3 Å². The quantitative estimate of drug-likeness (QED) is 0.647. The van der Waals surface area contributed by atoms with Crippen LogP contribution < -0.4 is 3.82 Å². The first-order valence-corrected chi connectivity index (χ1v) is 7.47. The summed E-state index contributed by atoms with van der Waals surface area (Å²) >= 11 is 8.74. The number of halogens is 2. The first kappa shape index (κ1) is 7.79. The van der Waals surface area contributed by atoms with Crippen LogP contribution in [0.3, 0.4) is 0 Å². The molecule has 0 aliphatic carbocycles. The minimum Gasteiger partial charge on any atom is -0.293 e. The highest BCUT2D eigenvalue weighted by Gasteiger charge is 1.94. The van der Waals surface area contributed by atoms with Gasteiger partial charge in [-0.3, -0.25) is 17.9 Å². The zero-order valence-electron chi connectivity index (χ0n) is 4.64. The van der Waals surface area contributed by atoms with E-state index >= 15 is 0 Å². The van der Waals surface area contributed by atoms with Crippen LogP contribution in [0.5, 0.6) is 0 Å². The van der Waals surface area contributed by atoms with Gasteiger partial charge in [0, 0.05) is 6.20 Å². The Balaban J connectivity index is 2.88. The molecule has 0 aliphatic heterocycles. The van der Waals surface area contributed by atoms with Crippen molar-refractivity contribution >= 4 is 46.5 Å². The van der Waals surface area contributed by atoms with E-state index in [0.29, 0.717) is 5.02 Å². The average Bonchev–Trinajstić information content (AvgIpc) is 1.90. The molecular weight excluding hydrogens is 214 g/mol. The summed E-state index contributed by atoms with van der Waals surface area (Å²) in [6, 6.07) is 3.81. The van der Waals surface area contributed by atoms with Crippen LogP contribution in [-0.2, 0) is 0 Å². The average molecular weight is 217 g/mol. The third kappa shape index (κ3) is 2.41. The molecule has 0 radical (unpaired) electrons. The molecule has 0 saturated carbocycles. The summed E-state index contributed by atoms with van der Waals surface area (Å²) in [5.74, 6) is 0. The summed E-state index contributed by atoms with van der Waals surface area (Å²) in [4.78, 5) is 4.08. The minimum absolute atomic E-state index is 0.282. The summed E-state index contributed by atoms with van der Waals surface area (Å²) in [7, 11) is 0. The van der Waals surface area contributed by atoms with E-state index in [9.17, 15) is 0 Å². The van der Waals surface area contributed by atoms with Crippen molar-refractivity contribution in [2.45, 2.75) is 0 Å². The molecule has 0 spiro atoms. The van der Waals surface area contributed by atoms with Gasteiger partial charge in [0.25, 0.3) is 0 Å². The highest BCUT2D eigenvalue weighted by molar-refractivity contribution is 9.23. The minimum atomic E-state index is -0.282. The normalized spacial score (nSPS) is 8.67. The van der Waals surface area contributed by atoms with Crippen molar-refractivity contribution in [3.8, 4) is 0 Å². The molecule has 1 heterocycles. The van der Waals surface area contributed by atoms with Crippen molar-refractivity contribution in [1.82, 2.24) is 4.98 Å². The third-order valence-electron chi connectivity index (χ3n) is 0.926. The molecule has 0 aliphatic rings. The molecule has 1 aromatic rings. The fraction of sp³-hybridized carbons (Fsp3) is 0. The van der Waals surface area contributed by atoms with E-state index in [-0.39, 0.29) is 18.2 Å². The second-order valence-electron chi connectivity index (χ2n) is 1.60. The van der Waals surface area contributed by atoms with E-state index in [1.54, 1.807) is 6.20 Å². The van der Waals surface area contributed by atoms with Gasteiger partial charge >= 0.3 is 18.2 Å². The fourth-order valence-corrected chi connectivity index (χ4v) is 1.96. The maximum Gasteiger partial charge on any atom is 0.535 e. The van der Waals surface area contributed by atoms with Crippen molar-refractivity contribution in [3.63, 3.8) is 0 Å². The lowest BCUT2D eigenvalue weighted by molar-refractivity contribution is 1.39. The van der Waals surface area contributed by atoms with Crippen LogP contribution in [0.2, 0.25) is 5.02 Å². The molecule has 0 unspecified atom stereocenters. The summed E-state index contributed by atoms with van der Waals surface area (Å²) in [6.07, 6.45) is 1.67. The van der Waals surface area contributed by atoms with Crippen LogP contribution in [0.1, 0.15) is 0 Å². The van der Waals surface area contributed by atoms with Crippen molar-refractivity contribution in [1.29, 1.82) is 0 Å². The summed E-state index contributed by atoms with van der Waals surface area (Å²) in [5, 5.41) is 0.703. The smallest absolute Gasteiger partial charge is 0.293 e. The Morgan fingerprint density at radius 2 is 2.33 bits per heavy atom. The number of hydrogen-bond acceptors (Lipinski definition) is 1. The lowest BCUT2D eigenvalue weighted by Gasteiger charge is -1.91. The predicted molar refractivity (Wildman–Crippen MR) is 43.6 cm³/mol. The SMILES string of the molecule is Clc1cc[c]([Mg][Br])nc1. The summed E-state index contributed by atoms with van der Waals surface area (Å²) < 4.78 is 1.14. The molecule has 0 amide bonds. The fourth-order valence-electron chi connectivity index (χ4n) is 0.485. The number of rotatable bonds is 1. The van der Waals surface area contributed by atoms with Crippen molar-refractivity contribution in [2.24, 2.45) is 0 Å². The Morgan fingerprint density at radius 1 is 1.56 bits per heavy atom. The zero-order chi connectivity index (χ0) is 6.69. The molecule has 0 saturated heterocycles. The van der Waals surface area contributed by atoms with E-state index in [0.717, 1.165) is 3.82 Å². The van der Waals surface area contributed by atoms with Crippen molar-refractivity contribution < 1.29 is 0 Å². The molecule has 1 aromatic heterocycles. The van der Waals surface area contributed by atoms with Gasteiger partial charge in [-0.05, 0) is 6.07 Å². The van der Waals surface area contributed by atoms with Crippen LogP contribution in [0, 0.1) is 0 Å². The van der Waals surface area contributed by atoms with Gasteiger partial charge in [0.1, 0.15) is 0 Å². The maximum atomic E-state index is 5.61. The Kier molecular flexibility index (Phi) is 3.25. The van der Waals surface area contributed by atoms with Crippen molar-refractivity contribution in [2.75, 3.05) is 0 Å². The Labute approximate surface area is 74.4 Å². The van der Waals surface area contributed by atoms with Crippen LogP contribution >= 0.6 is 24.5 Å². The highest BCUT2D eigenvalue weighted by Crippen LogP contribution is 2.00. The van der Waals surface area contributed by atoms with Gasteiger partial charge < -0.3 is 0 Å². The van der Waals surface area contributed by atoms with Crippen LogP contribution in [0.4, 0.5) is 0 Å². The summed E-state index contributed by atoms with van der Waals surface area (Å²) in [5.41, 5.74) is 0. The first-order chi connectivity index (χ1) is 4.33. The maximum absolute atomic E-state index is 5.61. The monoisotopic (exact) mass is 215 g/mol. The van der Waals surface area contributed by atoms with Gasteiger partial charge in [-0.25, -0.2) is 0 Å². The van der Waals surface area contributed by atoms with Crippen LogP contribution in [0.25, 0.3) is 0 Å². The van der Waals surface area contributed by atoms with E-state index in [4.69, 9.17) is 11.6 Å². The second-order valence-corrected chi connectivity index (χ2v) is 4.71. The van der Waals surface area contributed by atoms with Gasteiger partial charge in [-0.15, -0.1) is 0 Å². The molecule has 1 nitrogen and oxygen atoms in total. The molecule has 9 heavy (non-hydrogen) atoms. The zero-order valence-corrected chi connectivity index (χ0v) is 8.40. The molecule has 0 N–H and O–H groups in total. The Morgan fingerprint density at radius 3 is 2.78 bits per heavy atom. The van der Waals surface area contributed by atoms with E-state index in [1.807, 2.05) is 12.1 Å². The lowest BCUT2D eigenvalue weighted by atomic mass is 10.5. The van der Waals surface area contributed by atoms with E-state index in [1.165, 1.54) is 0 Å². The highest BCUT2D eigenvalue weighted by atomic mass is 79.9. The largest absolute Gasteiger partial charge is 0.535 e. The number of hydrogen-bond donors (Lipinski definition) is 0. The first-order valence-electron chi connectivity index (χ1n) is 2.49. The molecule has 44 valence electrons. The topological polar surface area (TPSA) is 12.9 Å². The molecular formula is C5H3BrClMgN. The molecule has 0 aromatic carbocycles.